The number of pyridine rings is 2. The predicted octanol–water partition coefficient (Wildman–Crippen LogP) is 4.26. The lowest BCUT2D eigenvalue weighted by Crippen LogP contribution is -1.87. The average molecular weight is 287 g/mol. The molecule has 0 saturated carbocycles. The Morgan fingerprint density at radius 3 is 2.68 bits per heavy atom. The van der Waals surface area contributed by atoms with Gasteiger partial charge in [-0.2, -0.15) is 0 Å². The van der Waals surface area contributed by atoms with Crippen LogP contribution in [0.1, 0.15) is 5.56 Å². The minimum Gasteiger partial charge on any atom is -0.436 e. The molecule has 106 valence electrons. The van der Waals surface area contributed by atoms with Crippen molar-refractivity contribution in [1.29, 1.82) is 0 Å². The highest BCUT2D eigenvalue weighted by Crippen LogP contribution is 2.32. The Morgan fingerprint density at radius 1 is 0.909 bits per heavy atom. The number of fused-ring (bicyclic) bond motifs is 1. The molecule has 0 fully saturated rings. The van der Waals surface area contributed by atoms with Gasteiger partial charge in [-0.15, -0.1) is 0 Å². The standard InChI is InChI=1S/C18H13N3O/c1-12-4-5-17-16(9-12)21-18(22-17)14-6-8-20-11-15(14)13-3-2-7-19-10-13/h2-11H,1H3. The van der Waals surface area contributed by atoms with Crippen molar-refractivity contribution in [3.8, 4) is 22.6 Å². The topological polar surface area (TPSA) is 51.8 Å². The van der Waals surface area contributed by atoms with Crippen LogP contribution >= 0.6 is 0 Å². The van der Waals surface area contributed by atoms with Crippen LogP contribution in [0.4, 0.5) is 0 Å². The van der Waals surface area contributed by atoms with Gasteiger partial charge >= 0.3 is 0 Å². The van der Waals surface area contributed by atoms with E-state index in [9.17, 15) is 0 Å². The number of hydrogen-bond acceptors (Lipinski definition) is 4. The van der Waals surface area contributed by atoms with Crippen LogP contribution < -0.4 is 0 Å². The number of hydrogen-bond donors (Lipinski definition) is 0. The van der Waals surface area contributed by atoms with E-state index in [1.54, 1.807) is 12.4 Å². The van der Waals surface area contributed by atoms with Crippen LogP contribution in [0.3, 0.4) is 0 Å². The van der Waals surface area contributed by atoms with Crippen molar-refractivity contribution in [1.82, 2.24) is 15.0 Å². The third kappa shape index (κ3) is 2.15. The van der Waals surface area contributed by atoms with Gasteiger partial charge in [0.25, 0.3) is 0 Å². The maximum absolute atomic E-state index is 5.91. The number of nitrogens with zero attached hydrogens (tertiary/aromatic N) is 3. The van der Waals surface area contributed by atoms with Gasteiger partial charge in [0, 0.05) is 41.5 Å². The molecular weight excluding hydrogens is 274 g/mol. The molecule has 0 bridgehead atoms. The lowest BCUT2D eigenvalue weighted by Gasteiger charge is -2.05. The van der Waals surface area contributed by atoms with Gasteiger partial charge in [-0.25, -0.2) is 4.98 Å². The normalized spacial score (nSPS) is 11.0. The average Bonchev–Trinajstić information content (AvgIpc) is 2.98. The molecule has 4 rings (SSSR count). The van der Waals surface area contributed by atoms with Gasteiger partial charge in [-0.05, 0) is 36.8 Å². The van der Waals surface area contributed by atoms with E-state index in [1.165, 1.54) is 0 Å². The molecule has 4 aromatic rings. The smallest absolute Gasteiger partial charge is 0.228 e. The Kier molecular flexibility index (Phi) is 2.93. The van der Waals surface area contributed by atoms with Crippen molar-refractivity contribution in [3.05, 3.63) is 66.7 Å². The summed E-state index contributed by atoms with van der Waals surface area (Å²) in [6.45, 7) is 2.04. The van der Waals surface area contributed by atoms with Crippen molar-refractivity contribution < 1.29 is 4.42 Å². The second-order valence-corrected chi connectivity index (χ2v) is 5.15. The molecule has 0 aliphatic carbocycles. The molecule has 0 aliphatic rings. The largest absolute Gasteiger partial charge is 0.436 e. The minimum absolute atomic E-state index is 0.599. The molecule has 3 heterocycles. The molecule has 3 aromatic heterocycles. The lowest BCUT2D eigenvalue weighted by molar-refractivity contribution is 0.620. The van der Waals surface area contributed by atoms with Crippen molar-refractivity contribution in [2.75, 3.05) is 0 Å². The monoisotopic (exact) mass is 287 g/mol. The van der Waals surface area contributed by atoms with Crippen molar-refractivity contribution in [2.24, 2.45) is 0 Å². The van der Waals surface area contributed by atoms with Crippen molar-refractivity contribution in [3.63, 3.8) is 0 Å². The maximum atomic E-state index is 5.91. The molecule has 0 saturated heterocycles. The molecule has 0 radical (unpaired) electrons. The molecule has 0 spiro atoms. The summed E-state index contributed by atoms with van der Waals surface area (Å²) in [5.74, 6) is 0.599. The van der Waals surface area contributed by atoms with Gasteiger partial charge in [0.1, 0.15) is 5.52 Å². The Labute approximate surface area is 127 Å². The molecule has 4 heteroatoms. The lowest BCUT2D eigenvalue weighted by atomic mass is 10.0. The zero-order valence-corrected chi connectivity index (χ0v) is 12.0. The van der Waals surface area contributed by atoms with Gasteiger partial charge in [0.2, 0.25) is 5.89 Å². The van der Waals surface area contributed by atoms with Crippen LogP contribution in [0, 0.1) is 6.92 Å². The van der Waals surface area contributed by atoms with Crippen molar-refractivity contribution in [2.45, 2.75) is 6.92 Å². The first-order valence-electron chi connectivity index (χ1n) is 7.03. The highest BCUT2D eigenvalue weighted by molar-refractivity contribution is 5.83. The number of oxazole rings is 1. The van der Waals surface area contributed by atoms with E-state index in [-0.39, 0.29) is 0 Å². The second-order valence-electron chi connectivity index (χ2n) is 5.15. The van der Waals surface area contributed by atoms with E-state index in [2.05, 4.69) is 15.0 Å². The van der Waals surface area contributed by atoms with Gasteiger partial charge < -0.3 is 4.42 Å². The fraction of sp³-hybridized carbons (Fsp3) is 0.0556. The highest BCUT2D eigenvalue weighted by Gasteiger charge is 2.13. The number of aryl methyl sites for hydroxylation is 1. The molecule has 0 atom stereocenters. The summed E-state index contributed by atoms with van der Waals surface area (Å²) in [6, 6.07) is 11.8. The number of rotatable bonds is 2. The molecule has 1 aromatic carbocycles. The van der Waals surface area contributed by atoms with E-state index in [0.29, 0.717) is 5.89 Å². The molecule has 0 N–H and O–H groups in total. The highest BCUT2D eigenvalue weighted by atomic mass is 16.3. The Balaban J connectivity index is 1.92. The van der Waals surface area contributed by atoms with Crippen LogP contribution in [-0.2, 0) is 0 Å². The van der Waals surface area contributed by atoms with Crippen LogP contribution in [0.5, 0.6) is 0 Å². The zero-order valence-electron chi connectivity index (χ0n) is 12.0. The fourth-order valence-corrected chi connectivity index (χ4v) is 2.49. The number of benzene rings is 1. The van der Waals surface area contributed by atoms with E-state index >= 15 is 0 Å². The Bertz CT molecular complexity index is 945. The van der Waals surface area contributed by atoms with Gasteiger partial charge in [-0.1, -0.05) is 12.1 Å². The minimum atomic E-state index is 0.599. The summed E-state index contributed by atoms with van der Waals surface area (Å²) in [7, 11) is 0. The molecule has 0 aliphatic heterocycles. The maximum Gasteiger partial charge on any atom is 0.228 e. The third-order valence-corrected chi connectivity index (χ3v) is 3.57. The summed E-state index contributed by atoms with van der Waals surface area (Å²) in [6.07, 6.45) is 7.12. The summed E-state index contributed by atoms with van der Waals surface area (Å²) in [5, 5.41) is 0. The SMILES string of the molecule is Cc1ccc2oc(-c3ccncc3-c3cccnc3)nc2c1. The van der Waals surface area contributed by atoms with Crippen molar-refractivity contribution >= 4 is 11.1 Å². The summed E-state index contributed by atoms with van der Waals surface area (Å²) < 4.78 is 5.91. The Hall–Kier alpha value is -3.01. The first-order chi connectivity index (χ1) is 10.8. The van der Waals surface area contributed by atoms with Gasteiger partial charge in [-0.3, -0.25) is 9.97 Å². The second kappa shape index (κ2) is 5.07. The molecule has 4 nitrogen and oxygen atoms in total. The first-order valence-corrected chi connectivity index (χ1v) is 7.03. The molecule has 0 amide bonds. The third-order valence-electron chi connectivity index (χ3n) is 3.57. The Morgan fingerprint density at radius 2 is 1.82 bits per heavy atom. The van der Waals surface area contributed by atoms with E-state index in [1.807, 2.05) is 55.7 Å². The fourth-order valence-electron chi connectivity index (χ4n) is 2.49. The van der Waals surface area contributed by atoms with E-state index in [0.717, 1.165) is 33.4 Å². The zero-order chi connectivity index (χ0) is 14.9. The predicted molar refractivity (Wildman–Crippen MR) is 85.2 cm³/mol. The van der Waals surface area contributed by atoms with Crippen LogP contribution in [0.15, 0.2) is 65.6 Å². The van der Waals surface area contributed by atoms with Gasteiger partial charge in [0.05, 0.1) is 0 Å². The van der Waals surface area contributed by atoms with Gasteiger partial charge in [0.15, 0.2) is 5.58 Å². The van der Waals surface area contributed by atoms with Crippen LogP contribution in [0.25, 0.3) is 33.7 Å². The molecule has 0 unspecified atom stereocenters. The van der Waals surface area contributed by atoms with Crippen LogP contribution in [-0.4, -0.2) is 15.0 Å². The van der Waals surface area contributed by atoms with Crippen LogP contribution in [0.2, 0.25) is 0 Å². The molecule has 22 heavy (non-hydrogen) atoms. The molecular formula is C18H13N3O. The summed E-state index contributed by atoms with van der Waals surface area (Å²) >= 11 is 0. The van der Waals surface area contributed by atoms with E-state index in [4.69, 9.17) is 4.42 Å². The summed E-state index contributed by atoms with van der Waals surface area (Å²) in [5.41, 5.74) is 5.67. The number of aromatic nitrogens is 3. The van der Waals surface area contributed by atoms with E-state index < -0.39 is 0 Å². The summed E-state index contributed by atoms with van der Waals surface area (Å²) in [4.78, 5) is 13.0. The quantitative estimate of drug-likeness (QED) is 0.552. The first kappa shape index (κ1) is 12.7.